The van der Waals surface area contributed by atoms with Gasteiger partial charge in [0, 0.05) is 12.4 Å². The van der Waals surface area contributed by atoms with Crippen LogP contribution in [-0.2, 0) is 4.79 Å². The summed E-state index contributed by atoms with van der Waals surface area (Å²) < 4.78 is 12.4. The maximum absolute atomic E-state index is 12.4. The van der Waals surface area contributed by atoms with Crippen molar-refractivity contribution in [2.24, 2.45) is 0 Å². The number of hydrogen-bond acceptors (Lipinski definition) is 2. The minimum absolute atomic E-state index is 0. The summed E-state index contributed by atoms with van der Waals surface area (Å²) in [4.78, 5) is 13.7. The molecule has 70 valence electrons. The number of carbonyl (C=O) groups is 1. The molecule has 5 heteroatoms. The Labute approximate surface area is 80.3 Å². The van der Waals surface area contributed by atoms with Gasteiger partial charge in [0.05, 0.1) is 0 Å². The third-order valence-electron chi connectivity index (χ3n) is 1.18. The van der Waals surface area contributed by atoms with E-state index in [0.29, 0.717) is 5.56 Å². The summed E-state index contributed by atoms with van der Waals surface area (Å²) in [5, 5.41) is 8.18. The maximum Gasteiger partial charge on any atom is 0.364 e. The van der Waals surface area contributed by atoms with Gasteiger partial charge in [0.15, 0.2) is 0 Å². The molecule has 1 heterocycles. The highest BCUT2D eigenvalue weighted by molar-refractivity contribution is 5.89. The van der Waals surface area contributed by atoms with E-state index in [1.54, 1.807) is 12.1 Å². The second kappa shape index (κ2) is 5.27. The molecule has 0 aromatic carbocycles. The third kappa shape index (κ3) is 3.66. The van der Waals surface area contributed by atoms with Crippen molar-refractivity contribution in [2.75, 3.05) is 0 Å². The molecule has 0 fully saturated rings. The lowest BCUT2D eigenvalue weighted by Crippen LogP contribution is -1.93. The van der Waals surface area contributed by atoms with Gasteiger partial charge in [-0.05, 0) is 17.7 Å². The van der Waals surface area contributed by atoms with Gasteiger partial charge in [-0.2, -0.15) is 4.39 Å². The lowest BCUT2D eigenvalue weighted by atomic mass is 10.2. The van der Waals surface area contributed by atoms with Crippen molar-refractivity contribution in [3.05, 3.63) is 35.9 Å². The Morgan fingerprint density at radius 1 is 1.62 bits per heavy atom. The van der Waals surface area contributed by atoms with Crippen molar-refractivity contribution in [3.8, 4) is 0 Å². The largest absolute Gasteiger partial charge is 0.476 e. The second-order valence-corrected chi connectivity index (χ2v) is 2.08. The highest BCUT2D eigenvalue weighted by atomic mass is 35.5. The second-order valence-electron chi connectivity index (χ2n) is 2.08. The van der Waals surface area contributed by atoms with Gasteiger partial charge < -0.3 is 5.11 Å². The van der Waals surface area contributed by atoms with Crippen LogP contribution in [0.3, 0.4) is 0 Å². The Bertz CT molecular complexity index is 313. The number of aliphatic carboxylic acids is 1. The molecular weight excluding hydrogens is 197 g/mol. The van der Waals surface area contributed by atoms with E-state index in [1.807, 2.05) is 0 Å². The Morgan fingerprint density at radius 3 is 2.77 bits per heavy atom. The number of nitrogens with zero attached hydrogens (tertiary/aromatic N) is 1. The molecule has 0 radical (unpaired) electrons. The van der Waals surface area contributed by atoms with Crippen LogP contribution in [0, 0.1) is 0 Å². The van der Waals surface area contributed by atoms with Crippen molar-refractivity contribution in [2.45, 2.75) is 0 Å². The van der Waals surface area contributed by atoms with Gasteiger partial charge in [0.1, 0.15) is 0 Å². The van der Waals surface area contributed by atoms with Gasteiger partial charge in [-0.25, -0.2) is 4.79 Å². The molecule has 1 aromatic heterocycles. The number of carboxylic acids is 1. The fourth-order valence-electron chi connectivity index (χ4n) is 0.669. The zero-order chi connectivity index (χ0) is 8.97. The Kier molecular flexibility index (Phi) is 4.69. The quantitative estimate of drug-likeness (QED) is 0.747. The van der Waals surface area contributed by atoms with Crippen molar-refractivity contribution in [3.63, 3.8) is 0 Å². The van der Waals surface area contributed by atoms with Crippen molar-refractivity contribution in [1.82, 2.24) is 4.98 Å². The first-order valence-corrected chi connectivity index (χ1v) is 3.20. The van der Waals surface area contributed by atoms with E-state index >= 15 is 0 Å². The van der Waals surface area contributed by atoms with E-state index in [2.05, 4.69) is 4.98 Å². The Hall–Kier alpha value is -1.42. The minimum Gasteiger partial charge on any atom is -0.476 e. The van der Waals surface area contributed by atoms with Crippen LogP contribution in [0.15, 0.2) is 30.4 Å². The SMILES string of the molecule is Cl.O=C(O)/C(F)=C/c1cccnc1. The average Bonchev–Trinajstić information content (AvgIpc) is 2.06. The standard InChI is InChI=1S/C8H6FNO2.ClH/c9-7(8(11)12)4-6-2-1-3-10-5-6;/h1-5H,(H,11,12);1H/b7-4-;. The lowest BCUT2D eigenvalue weighted by Gasteiger charge is -1.90. The first-order valence-electron chi connectivity index (χ1n) is 3.20. The normalized spacial score (nSPS) is 10.4. The number of rotatable bonds is 2. The molecule has 0 aliphatic heterocycles. The molecular formula is C8H7ClFNO2. The Morgan fingerprint density at radius 2 is 2.31 bits per heavy atom. The van der Waals surface area contributed by atoms with Crippen LogP contribution in [0.4, 0.5) is 4.39 Å². The number of halogens is 2. The maximum atomic E-state index is 12.4. The molecule has 0 aliphatic rings. The molecule has 1 aromatic rings. The van der Waals surface area contributed by atoms with Crippen molar-refractivity contribution in [1.29, 1.82) is 0 Å². The topological polar surface area (TPSA) is 50.2 Å². The lowest BCUT2D eigenvalue weighted by molar-refractivity contribution is -0.134. The van der Waals surface area contributed by atoms with Gasteiger partial charge in [-0.15, -0.1) is 12.4 Å². The van der Waals surface area contributed by atoms with Gasteiger partial charge in [-0.1, -0.05) is 6.07 Å². The van der Waals surface area contributed by atoms with E-state index in [-0.39, 0.29) is 12.4 Å². The monoisotopic (exact) mass is 203 g/mol. The molecule has 0 atom stereocenters. The van der Waals surface area contributed by atoms with Gasteiger partial charge in [0.2, 0.25) is 5.83 Å². The van der Waals surface area contributed by atoms with Crippen LogP contribution in [0.5, 0.6) is 0 Å². The van der Waals surface area contributed by atoms with Gasteiger partial charge in [-0.3, -0.25) is 4.98 Å². The van der Waals surface area contributed by atoms with Crippen molar-refractivity contribution >= 4 is 24.5 Å². The molecule has 0 aliphatic carbocycles. The van der Waals surface area contributed by atoms with Crippen molar-refractivity contribution < 1.29 is 14.3 Å². The number of pyridine rings is 1. The summed E-state index contributed by atoms with van der Waals surface area (Å²) >= 11 is 0. The summed E-state index contributed by atoms with van der Waals surface area (Å²) in [5.74, 6) is -2.76. The van der Waals surface area contributed by atoms with E-state index in [1.165, 1.54) is 12.4 Å². The zero-order valence-electron chi connectivity index (χ0n) is 6.48. The summed E-state index contributed by atoms with van der Waals surface area (Å²) in [6, 6.07) is 3.16. The van der Waals surface area contributed by atoms with Crippen LogP contribution in [0.1, 0.15) is 5.56 Å². The van der Waals surface area contributed by atoms with E-state index in [4.69, 9.17) is 5.11 Å². The molecule has 0 bridgehead atoms. The average molecular weight is 204 g/mol. The molecule has 0 spiro atoms. The molecule has 0 saturated heterocycles. The molecule has 1 N–H and O–H groups in total. The van der Waals surface area contributed by atoms with Crippen LogP contribution in [0.25, 0.3) is 6.08 Å². The predicted molar refractivity (Wildman–Crippen MR) is 48.2 cm³/mol. The summed E-state index contributed by atoms with van der Waals surface area (Å²) in [7, 11) is 0. The fourth-order valence-corrected chi connectivity index (χ4v) is 0.669. The van der Waals surface area contributed by atoms with E-state index in [0.717, 1.165) is 6.08 Å². The van der Waals surface area contributed by atoms with Crippen LogP contribution < -0.4 is 0 Å². The highest BCUT2D eigenvalue weighted by Crippen LogP contribution is 2.05. The molecule has 1 rings (SSSR count). The Balaban J connectivity index is 0.00000144. The van der Waals surface area contributed by atoms with Gasteiger partial charge in [0.25, 0.3) is 0 Å². The minimum atomic E-state index is -1.57. The number of carboxylic acid groups (broad SMARTS) is 1. The van der Waals surface area contributed by atoms with Crippen LogP contribution >= 0.6 is 12.4 Å². The molecule has 13 heavy (non-hydrogen) atoms. The van der Waals surface area contributed by atoms with Crippen LogP contribution in [0.2, 0.25) is 0 Å². The predicted octanol–water partition coefficient (Wildman–Crippen LogP) is 1.90. The van der Waals surface area contributed by atoms with Gasteiger partial charge >= 0.3 is 5.97 Å². The first kappa shape index (κ1) is 11.6. The van der Waals surface area contributed by atoms with E-state index < -0.39 is 11.8 Å². The molecule has 0 unspecified atom stereocenters. The highest BCUT2D eigenvalue weighted by Gasteiger charge is 2.03. The van der Waals surface area contributed by atoms with Crippen LogP contribution in [-0.4, -0.2) is 16.1 Å². The number of hydrogen-bond donors (Lipinski definition) is 1. The molecule has 0 amide bonds. The molecule has 3 nitrogen and oxygen atoms in total. The summed E-state index contributed by atoms with van der Waals surface area (Å²) in [6.07, 6.45) is 3.81. The molecule has 0 saturated carbocycles. The number of aromatic nitrogens is 1. The third-order valence-corrected chi connectivity index (χ3v) is 1.18. The first-order chi connectivity index (χ1) is 5.70. The summed E-state index contributed by atoms with van der Waals surface area (Å²) in [6.45, 7) is 0. The smallest absolute Gasteiger partial charge is 0.364 e. The fraction of sp³-hybridized carbons (Fsp3) is 0. The van der Waals surface area contributed by atoms with E-state index in [9.17, 15) is 9.18 Å². The summed E-state index contributed by atoms with van der Waals surface area (Å²) in [5.41, 5.74) is 0.428. The zero-order valence-corrected chi connectivity index (χ0v) is 7.29.